The van der Waals surface area contributed by atoms with Gasteiger partial charge in [-0.3, -0.25) is 0 Å². The standard InChI is InChI=1S/C13H18N4S/c1-4-7-17-13(14-15-16-17)9-18-12-6-5-10(2)11(3)8-12/h5-6,8H,4,7,9H2,1-3H3. The van der Waals surface area contributed by atoms with Crippen molar-refractivity contribution in [2.24, 2.45) is 0 Å². The minimum Gasteiger partial charge on any atom is -0.229 e. The van der Waals surface area contributed by atoms with Crippen LogP contribution in [0.15, 0.2) is 23.1 Å². The van der Waals surface area contributed by atoms with Crippen LogP contribution in [0.25, 0.3) is 0 Å². The van der Waals surface area contributed by atoms with Gasteiger partial charge in [0.15, 0.2) is 5.82 Å². The number of hydrogen-bond acceptors (Lipinski definition) is 4. The van der Waals surface area contributed by atoms with E-state index in [9.17, 15) is 0 Å². The third kappa shape index (κ3) is 3.10. The largest absolute Gasteiger partial charge is 0.229 e. The normalized spacial score (nSPS) is 10.8. The SMILES string of the molecule is CCCn1nnnc1CSc1ccc(C)c(C)c1. The molecule has 0 N–H and O–H groups in total. The first-order valence-corrected chi connectivity index (χ1v) is 7.14. The van der Waals surface area contributed by atoms with Crippen LogP contribution < -0.4 is 0 Å². The summed E-state index contributed by atoms with van der Waals surface area (Å²) in [4.78, 5) is 1.27. The van der Waals surface area contributed by atoms with Crippen LogP contribution in [0.3, 0.4) is 0 Å². The Labute approximate surface area is 112 Å². The van der Waals surface area contributed by atoms with Gasteiger partial charge in [-0.05, 0) is 54.0 Å². The van der Waals surface area contributed by atoms with E-state index in [-0.39, 0.29) is 0 Å². The zero-order valence-corrected chi connectivity index (χ0v) is 11.9. The van der Waals surface area contributed by atoms with Crippen molar-refractivity contribution in [3.05, 3.63) is 35.2 Å². The summed E-state index contributed by atoms with van der Waals surface area (Å²) in [6.45, 7) is 7.28. The molecule has 0 bridgehead atoms. The average Bonchev–Trinajstić information content (AvgIpc) is 2.79. The van der Waals surface area contributed by atoms with Gasteiger partial charge in [-0.1, -0.05) is 13.0 Å². The molecule has 1 aromatic heterocycles. The zero-order valence-electron chi connectivity index (χ0n) is 11.1. The summed E-state index contributed by atoms with van der Waals surface area (Å²) in [6, 6.07) is 6.53. The monoisotopic (exact) mass is 262 g/mol. The van der Waals surface area contributed by atoms with Crippen LogP contribution in [0.2, 0.25) is 0 Å². The van der Waals surface area contributed by atoms with Crippen LogP contribution in [0.1, 0.15) is 30.3 Å². The lowest BCUT2D eigenvalue weighted by Gasteiger charge is -2.05. The molecule has 0 unspecified atom stereocenters. The van der Waals surface area contributed by atoms with Gasteiger partial charge in [0.25, 0.3) is 0 Å². The molecule has 0 amide bonds. The first-order chi connectivity index (χ1) is 8.70. The first-order valence-electron chi connectivity index (χ1n) is 6.15. The van der Waals surface area contributed by atoms with Crippen molar-refractivity contribution < 1.29 is 0 Å². The smallest absolute Gasteiger partial charge is 0.161 e. The Balaban J connectivity index is 2.02. The van der Waals surface area contributed by atoms with Crippen LogP contribution in [0.4, 0.5) is 0 Å². The van der Waals surface area contributed by atoms with Gasteiger partial charge in [-0.2, -0.15) is 0 Å². The maximum Gasteiger partial charge on any atom is 0.161 e. The molecule has 0 aliphatic carbocycles. The van der Waals surface area contributed by atoms with E-state index < -0.39 is 0 Å². The number of nitrogens with zero attached hydrogens (tertiary/aromatic N) is 4. The number of rotatable bonds is 5. The van der Waals surface area contributed by atoms with Gasteiger partial charge in [0.05, 0.1) is 5.75 Å². The Morgan fingerprint density at radius 1 is 1.22 bits per heavy atom. The molecule has 0 saturated heterocycles. The fourth-order valence-electron chi connectivity index (χ4n) is 1.66. The number of aryl methyl sites for hydroxylation is 3. The first kappa shape index (κ1) is 13.1. The van der Waals surface area contributed by atoms with E-state index in [0.29, 0.717) is 0 Å². The zero-order chi connectivity index (χ0) is 13.0. The van der Waals surface area contributed by atoms with Crippen LogP contribution in [-0.2, 0) is 12.3 Å². The molecule has 0 aliphatic heterocycles. The van der Waals surface area contributed by atoms with Crippen molar-refractivity contribution in [3.63, 3.8) is 0 Å². The predicted molar refractivity (Wildman–Crippen MR) is 73.6 cm³/mol. The van der Waals surface area contributed by atoms with E-state index in [0.717, 1.165) is 24.5 Å². The second kappa shape index (κ2) is 6.00. The highest BCUT2D eigenvalue weighted by Crippen LogP contribution is 2.23. The topological polar surface area (TPSA) is 43.6 Å². The molecule has 0 spiro atoms. The Bertz CT molecular complexity index is 521. The molecular weight excluding hydrogens is 244 g/mol. The second-order valence-electron chi connectivity index (χ2n) is 4.35. The summed E-state index contributed by atoms with van der Waals surface area (Å²) in [7, 11) is 0. The van der Waals surface area contributed by atoms with Gasteiger partial charge >= 0.3 is 0 Å². The number of benzene rings is 1. The Kier molecular flexibility index (Phi) is 4.36. The molecule has 0 fully saturated rings. The van der Waals surface area contributed by atoms with Gasteiger partial charge in [0.1, 0.15) is 0 Å². The molecule has 18 heavy (non-hydrogen) atoms. The van der Waals surface area contributed by atoms with Crippen LogP contribution >= 0.6 is 11.8 Å². The molecule has 2 rings (SSSR count). The molecule has 0 aliphatic rings. The lowest BCUT2D eigenvalue weighted by molar-refractivity contribution is 0.564. The summed E-state index contributed by atoms with van der Waals surface area (Å²) in [5.41, 5.74) is 2.66. The lowest BCUT2D eigenvalue weighted by atomic mass is 10.1. The highest BCUT2D eigenvalue weighted by Gasteiger charge is 2.06. The van der Waals surface area contributed by atoms with E-state index in [4.69, 9.17) is 0 Å². The molecule has 4 nitrogen and oxygen atoms in total. The Hall–Kier alpha value is -1.36. The van der Waals surface area contributed by atoms with Crippen LogP contribution in [0.5, 0.6) is 0 Å². The van der Waals surface area contributed by atoms with E-state index >= 15 is 0 Å². The summed E-state index contributed by atoms with van der Waals surface area (Å²) in [5.74, 6) is 1.76. The van der Waals surface area contributed by atoms with Crippen molar-refractivity contribution >= 4 is 11.8 Å². The van der Waals surface area contributed by atoms with Crippen LogP contribution in [0, 0.1) is 13.8 Å². The minimum atomic E-state index is 0.815. The van der Waals surface area contributed by atoms with Crippen molar-refractivity contribution in [1.29, 1.82) is 0 Å². The quantitative estimate of drug-likeness (QED) is 0.777. The molecular formula is C13H18N4S. The van der Waals surface area contributed by atoms with E-state index in [1.54, 1.807) is 11.8 Å². The summed E-state index contributed by atoms with van der Waals surface area (Å²) < 4.78 is 1.88. The number of hydrogen-bond donors (Lipinski definition) is 0. The summed E-state index contributed by atoms with van der Waals surface area (Å²) >= 11 is 1.78. The molecule has 2 aromatic rings. The number of thioether (sulfide) groups is 1. The van der Waals surface area contributed by atoms with Crippen molar-refractivity contribution in [2.45, 2.75) is 44.4 Å². The molecule has 0 atom stereocenters. The van der Waals surface area contributed by atoms with Gasteiger partial charge in [0.2, 0.25) is 0 Å². The predicted octanol–water partition coefficient (Wildman–Crippen LogP) is 2.99. The Morgan fingerprint density at radius 2 is 2.06 bits per heavy atom. The third-order valence-corrected chi connectivity index (χ3v) is 3.88. The Morgan fingerprint density at radius 3 is 2.78 bits per heavy atom. The molecule has 0 radical (unpaired) electrons. The minimum absolute atomic E-state index is 0.815. The van der Waals surface area contributed by atoms with Crippen molar-refractivity contribution in [1.82, 2.24) is 20.2 Å². The highest BCUT2D eigenvalue weighted by molar-refractivity contribution is 7.98. The maximum atomic E-state index is 4.07. The van der Waals surface area contributed by atoms with Gasteiger partial charge in [0, 0.05) is 11.4 Å². The third-order valence-electron chi connectivity index (χ3n) is 2.89. The highest BCUT2D eigenvalue weighted by atomic mass is 32.2. The van der Waals surface area contributed by atoms with Crippen LogP contribution in [-0.4, -0.2) is 20.2 Å². The molecule has 1 aromatic carbocycles. The molecule has 1 heterocycles. The fraction of sp³-hybridized carbons (Fsp3) is 0.462. The second-order valence-corrected chi connectivity index (χ2v) is 5.40. The summed E-state index contributed by atoms with van der Waals surface area (Å²) in [6.07, 6.45) is 1.05. The lowest BCUT2D eigenvalue weighted by Crippen LogP contribution is -2.04. The molecule has 0 saturated carbocycles. The molecule has 5 heteroatoms. The fourth-order valence-corrected chi connectivity index (χ4v) is 2.59. The maximum absolute atomic E-state index is 4.07. The van der Waals surface area contributed by atoms with Crippen molar-refractivity contribution in [3.8, 4) is 0 Å². The van der Waals surface area contributed by atoms with Gasteiger partial charge in [-0.15, -0.1) is 16.9 Å². The number of aromatic nitrogens is 4. The van der Waals surface area contributed by atoms with Gasteiger partial charge in [-0.25, -0.2) is 4.68 Å². The number of tetrazole rings is 1. The van der Waals surface area contributed by atoms with Gasteiger partial charge < -0.3 is 0 Å². The average molecular weight is 262 g/mol. The van der Waals surface area contributed by atoms with E-state index in [1.807, 2.05) is 4.68 Å². The van der Waals surface area contributed by atoms with E-state index in [1.165, 1.54) is 16.0 Å². The van der Waals surface area contributed by atoms with E-state index in [2.05, 4.69) is 54.5 Å². The molecule has 96 valence electrons. The summed E-state index contributed by atoms with van der Waals surface area (Å²) in [5, 5.41) is 11.8. The van der Waals surface area contributed by atoms with Crippen molar-refractivity contribution in [2.75, 3.05) is 0 Å².